The van der Waals surface area contributed by atoms with Crippen LogP contribution in [0, 0.1) is 17.0 Å². The van der Waals surface area contributed by atoms with Gasteiger partial charge in [-0.1, -0.05) is 63.2 Å². The van der Waals surface area contributed by atoms with Gasteiger partial charge in [0.05, 0.1) is 28.0 Å². The number of imidazole rings is 2. The highest BCUT2D eigenvalue weighted by molar-refractivity contribution is 5.88. The number of nitrogens with two attached hydrogens (primary N) is 1. The van der Waals surface area contributed by atoms with Gasteiger partial charge in [-0.15, -0.1) is 0 Å². The molecule has 0 aliphatic carbocycles. The fourth-order valence-electron chi connectivity index (χ4n) is 4.17. The first-order valence-electron chi connectivity index (χ1n) is 11.1. The van der Waals surface area contributed by atoms with E-state index in [4.69, 9.17) is 5.73 Å². The molecule has 0 saturated carbocycles. The second-order valence-electron chi connectivity index (χ2n) is 9.59. The summed E-state index contributed by atoms with van der Waals surface area (Å²) < 4.78 is 31.1. The molecular weight excluding hydrogens is 432 g/mol. The third-order valence-corrected chi connectivity index (χ3v) is 5.65. The van der Waals surface area contributed by atoms with Gasteiger partial charge in [0.1, 0.15) is 17.5 Å². The van der Waals surface area contributed by atoms with Gasteiger partial charge in [0.25, 0.3) is 0 Å². The molecule has 0 spiro atoms. The first-order valence-corrected chi connectivity index (χ1v) is 11.1. The lowest BCUT2D eigenvalue weighted by Gasteiger charge is -2.20. The number of nitrogens with zero attached hydrogens (tertiary/aromatic N) is 3. The van der Waals surface area contributed by atoms with Crippen LogP contribution >= 0.6 is 0 Å². The molecule has 0 bridgehead atoms. The Labute approximate surface area is 196 Å². The van der Waals surface area contributed by atoms with Crippen molar-refractivity contribution in [1.29, 1.82) is 0 Å². The van der Waals surface area contributed by atoms with E-state index in [1.54, 1.807) is 0 Å². The molecule has 0 unspecified atom stereocenters. The molecule has 0 fully saturated rings. The lowest BCUT2D eigenvalue weighted by Crippen LogP contribution is -2.17. The summed E-state index contributed by atoms with van der Waals surface area (Å²) in [4.78, 5) is 12.3. The van der Waals surface area contributed by atoms with Crippen molar-refractivity contribution in [1.82, 2.24) is 19.5 Å². The number of halogens is 2. The van der Waals surface area contributed by atoms with E-state index in [1.165, 1.54) is 18.2 Å². The number of aromatic nitrogens is 4. The molecule has 0 aliphatic rings. The highest BCUT2D eigenvalue weighted by atomic mass is 19.1. The molecule has 3 aromatic carbocycles. The number of fused-ring (bicyclic) bond motifs is 1. The lowest BCUT2D eigenvalue weighted by atomic mass is 9.96. The zero-order valence-electron chi connectivity index (χ0n) is 19.2. The molecule has 172 valence electrons. The van der Waals surface area contributed by atoms with E-state index in [2.05, 4.69) is 35.7 Å². The largest absolute Gasteiger partial charge is 0.369 e. The molecule has 0 atom stereocenters. The number of aromatic amines is 1. The van der Waals surface area contributed by atoms with Crippen molar-refractivity contribution in [2.24, 2.45) is 5.41 Å². The summed E-state index contributed by atoms with van der Waals surface area (Å²) in [6.45, 7) is 7.10. The predicted octanol–water partition coefficient (Wildman–Crippen LogP) is 6.67. The second kappa shape index (κ2) is 8.09. The van der Waals surface area contributed by atoms with E-state index in [0.29, 0.717) is 23.9 Å². The quantitative estimate of drug-likeness (QED) is 0.317. The van der Waals surface area contributed by atoms with Crippen molar-refractivity contribution in [3.05, 3.63) is 78.4 Å². The zero-order chi connectivity index (χ0) is 24.0. The molecule has 34 heavy (non-hydrogen) atoms. The molecule has 0 saturated heterocycles. The van der Waals surface area contributed by atoms with Crippen LogP contribution in [0.5, 0.6) is 0 Å². The highest BCUT2D eigenvalue weighted by Crippen LogP contribution is 2.36. The van der Waals surface area contributed by atoms with Crippen molar-refractivity contribution in [3.8, 4) is 33.9 Å². The topological polar surface area (TPSA) is 72.5 Å². The Morgan fingerprint density at radius 3 is 2.26 bits per heavy atom. The minimum absolute atomic E-state index is 0.00514. The lowest BCUT2D eigenvalue weighted by molar-refractivity contribution is 0.351. The van der Waals surface area contributed by atoms with Crippen molar-refractivity contribution in [2.45, 2.75) is 27.3 Å². The van der Waals surface area contributed by atoms with Crippen molar-refractivity contribution < 1.29 is 8.78 Å². The highest BCUT2D eigenvalue weighted by Gasteiger charge is 2.22. The molecule has 0 aliphatic heterocycles. The van der Waals surface area contributed by atoms with Gasteiger partial charge in [0.2, 0.25) is 5.95 Å². The van der Waals surface area contributed by atoms with E-state index < -0.39 is 11.6 Å². The van der Waals surface area contributed by atoms with Gasteiger partial charge in [-0.3, -0.25) is 0 Å². The normalized spacial score (nSPS) is 11.9. The molecule has 7 heteroatoms. The third-order valence-electron chi connectivity index (χ3n) is 5.65. The van der Waals surface area contributed by atoms with Crippen molar-refractivity contribution in [2.75, 3.05) is 5.73 Å². The SMILES string of the molecule is CC(C)(C)Cn1c(N)nc2ccc(-c3nc(-c4c(F)cccc4F)[nH]c3-c3ccccc3)cc21. The zero-order valence-corrected chi connectivity index (χ0v) is 19.2. The Hall–Kier alpha value is -4.00. The van der Waals surface area contributed by atoms with E-state index in [9.17, 15) is 8.78 Å². The Bertz CT molecular complexity index is 1470. The minimum Gasteiger partial charge on any atom is -0.369 e. The molecule has 2 heterocycles. The Morgan fingerprint density at radius 1 is 0.882 bits per heavy atom. The van der Waals surface area contributed by atoms with Crippen LogP contribution in [0.4, 0.5) is 14.7 Å². The van der Waals surface area contributed by atoms with Gasteiger partial charge in [0.15, 0.2) is 0 Å². The van der Waals surface area contributed by atoms with Crippen LogP contribution in [0.15, 0.2) is 66.7 Å². The van der Waals surface area contributed by atoms with Crippen LogP contribution in [0.3, 0.4) is 0 Å². The van der Waals surface area contributed by atoms with E-state index in [0.717, 1.165) is 22.2 Å². The monoisotopic (exact) mass is 457 g/mol. The number of nitrogen functional groups attached to an aromatic ring is 1. The van der Waals surface area contributed by atoms with Gasteiger partial charge in [-0.05, 0) is 29.7 Å². The van der Waals surface area contributed by atoms with Crippen LogP contribution in [0.1, 0.15) is 20.8 Å². The predicted molar refractivity (Wildman–Crippen MR) is 132 cm³/mol. The molecule has 3 N–H and O–H groups in total. The first-order chi connectivity index (χ1) is 16.2. The molecule has 0 amide bonds. The Kier molecular flexibility index (Phi) is 5.20. The summed E-state index contributed by atoms with van der Waals surface area (Å²) in [5.41, 5.74) is 10.6. The average Bonchev–Trinajstić information content (AvgIpc) is 3.35. The van der Waals surface area contributed by atoms with Crippen LogP contribution in [0.2, 0.25) is 0 Å². The molecule has 2 aromatic heterocycles. The van der Waals surface area contributed by atoms with Gasteiger partial charge in [-0.25, -0.2) is 18.7 Å². The van der Waals surface area contributed by atoms with Gasteiger partial charge >= 0.3 is 0 Å². The fourth-order valence-corrected chi connectivity index (χ4v) is 4.17. The second-order valence-corrected chi connectivity index (χ2v) is 9.59. The molecular formula is C27H25F2N5. The maximum atomic E-state index is 14.6. The Balaban J connectivity index is 1.73. The van der Waals surface area contributed by atoms with Gasteiger partial charge in [-0.2, -0.15) is 0 Å². The number of H-pyrrole nitrogens is 1. The smallest absolute Gasteiger partial charge is 0.201 e. The third kappa shape index (κ3) is 3.94. The number of nitrogens with one attached hydrogen (secondary N) is 1. The van der Waals surface area contributed by atoms with E-state index in [-0.39, 0.29) is 16.8 Å². The molecule has 5 nitrogen and oxygen atoms in total. The van der Waals surface area contributed by atoms with E-state index in [1.807, 2.05) is 53.1 Å². The van der Waals surface area contributed by atoms with Crippen molar-refractivity contribution >= 4 is 17.0 Å². The van der Waals surface area contributed by atoms with E-state index >= 15 is 0 Å². The number of rotatable bonds is 4. The summed E-state index contributed by atoms with van der Waals surface area (Å²) in [7, 11) is 0. The number of anilines is 1. The molecule has 5 rings (SSSR count). The van der Waals surface area contributed by atoms with Crippen LogP contribution in [-0.2, 0) is 6.54 Å². The first kappa shape index (κ1) is 21.8. The summed E-state index contributed by atoms with van der Waals surface area (Å²) in [6.07, 6.45) is 0. The average molecular weight is 458 g/mol. The number of benzene rings is 3. The van der Waals surface area contributed by atoms with Crippen LogP contribution < -0.4 is 5.73 Å². The minimum atomic E-state index is -0.675. The van der Waals surface area contributed by atoms with Crippen LogP contribution in [-0.4, -0.2) is 19.5 Å². The summed E-state index contributed by atoms with van der Waals surface area (Å²) in [5.74, 6) is -0.772. The van der Waals surface area contributed by atoms with Gasteiger partial charge < -0.3 is 15.3 Å². The summed E-state index contributed by atoms with van der Waals surface area (Å²) in [6, 6.07) is 19.2. The maximum Gasteiger partial charge on any atom is 0.201 e. The maximum absolute atomic E-state index is 14.6. The summed E-state index contributed by atoms with van der Waals surface area (Å²) in [5, 5.41) is 0. The number of hydrogen-bond donors (Lipinski definition) is 2. The molecule has 5 aromatic rings. The van der Waals surface area contributed by atoms with Crippen molar-refractivity contribution in [3.63, 3.8) is 0 Å². The van der Waals surface area contributed by atoms with Gasteiger partial charge in [0, 0.05) is 17.7 Å². The fraction of sp³-hybridized carbons (Fsp3) is 0.185. The Morgan fingerprint density at radius 2 is 1.59 bits per heavy atom. The number of hydrogen-bond acceptors (Lipinski definition) is 3. The van der Waals surface area contributed by atoms with Crippen LogP contribution in [0.25, 0.3) is 44.9 Å². The summed E-state index contributed by atoms with van der Waals surface area (Å²) >= 11 is 0. The standard InChI is InChI=1S/C27H25F2N5/c1-27(2,3)15-34-21-14-17(12-13-20(21)31-26(34)30)24-23(16-8-5-4-6-9-16)32-25(33-24)22-18(28)10-7-11-19(22)29/h4-14H,15H2,1-3H3,(H2,30,31)(H,32,33). The molecule has 0 radical (unpaired) electrons.